The van der Waals surface area contributed by atoms with Crippen LogP contribution in [0.25, 0.3) is 0 Å². The molecular formula is C20H22N2O5S. The zero-order valence-corrected chi connectivity index (χ0v) is 16.7. The molecule has 0 aliphatic carbocycles. The molecule has 0 radical (unpaired) electrons. The van der Waals surface area contributed by atoms with Crippen LogP contribution in [0.5, 0.6) is 0 Å². The number of carbonyl (C=O) groups is 3. The minimum Gasteiger partial charge on any atom is -0.466 e. The van der Waals surface area contributed by atoms with Gasteiger partial charge in [-0.2, -0.15) is 0 Å². The van der Waals surface area contributed by atoms with Gasteiger partial charge < -0.3 is 19.4 Å². The number of esters is 1. The maximum Gasteiger partial charge on any atom is 0.330 e. The highest BCUT2D eigenvalue weighted by molar-refractivity contribution is 7.99. The lowest BCUT2D eigenvalue weighted by Crippen LogP contribution is -2.43. The molecule has 1 aromatic heterocycles. The number of furan rings is 1. The Kier molecular flexibility index (Phi) is 6.08. The number of rotatable bonds is 5. The van der Waals surface area contributed by atoms with E-state index in [0.29, 0.717) is 17.2 Å². The molecule has 1 aliphatic rings. The number of carbonyl (C=O) groups excluding carboxylic acids is 3. The van der Waals surface area contributed by atoms with Crippen LogP contribution in [-0.2, 0) is 19.1 Å². The van der Waals surface area contributed by atoms with Crippen molar-refractivity contribution in [3.05, 3.63) is 53.5 Å². The Bertz CT molecular complexity index is 881. The van der Waals surface area contributed by atoms with Crippen molar-refractivity contribution in [3.8, 4) is 0 Å². The first-order valence-corrected chi connectivity index (χ1v) is 9.89. The largest absolute Gasteiger partial charge is 0.466 e. The van der Waals surface area contributed by atoms with Gasteiger partial charge in [0.2, 0.25) is 5.91 Å². The summed E-state index contributed by atoms with van der Waals surface area (Å²) in [5, 5.41) is 2.32. The molecular weight excluding hydrogens is 380 g/mol. The van der Waals surface area contributed by atoms with Gasteiger partial charge in [-0.3, -0.25) is 9.59 Å². The fraction of sp³-hybridized carbons (Fsp3) is 0.350. The SMILES string of the molecule is CC(=O)N1[C@@H](C(=O)OCC(=O)Nc2ccc(C)c(C)c2)CS[C@@H]1c1ccco1. The quantitative estimate of drug-likeness (QED) is 0.774. The molecule has 148 valence electrons. The van der Waals surface area contributed by atoms with Crippen LogP contribution in [0.15, 0.2) is 41.0 Å². The average Bonchev–Trinajstić information content (AvgIpc) is 3.31. The molecule has 8 heteroatoms. The molecule has 1 N–H and O–H groups in total. The van der Waals surface area contributed by atoms with Crippen LogP contribution < -0.4 is 5.32 Å². The standard InChI is InChI=1S/C20H22N2O5S/c1-12-6-7-15(9-13(12)2)21-18(24)10-27-20(25)16-11-28-19(22(16)14(3)23)17-5-4-8-26-17/h4-9,16,19H,10-11H2,1-3H3,(H,21,24)/t16-,19-/m1/s1. The van der Waals surface area contributed by atoms with Crippen LogP contribution >= 0.6 is 11.8 Å². The van der Waals surface area contributed by atoms with E-state index < -0.39 is 24.5 Å². The summed E-state index contributed by atoms with van der Waals surface area (Å²) >= 11 is 1.42. The fourth-order valence-corrected chi connectivity index (χ4v) is 4.39. The first-order chi connectivity index (χ1) is 13.4. The third kappa shape index (κ3) is 4.39. The number of benzene rings is 1. The molecule has 7 nitrogen and oxygen atoms in total. The predicted molar refractivity (Wildman–Crippen MR) is 106 cm³/mol. The second kappa shape index (κ2) is 8.52. The van der Waals surface area contributed by atoms with Gasteiger partial charge in [-0.1, -0.05) is 6.07 Å². The molecule has 3 rings (SSSR count). The Balaban J connectivity index is 1.58. The van der Waals surface area contributed by atoms with E-state index in [9.17, 15) is 14.4 Å². The Labute approximate surface area is 167 Å². The number of hydrogen-bond acceptors (Lipinski definition) is 6. The maximum atomic E-state index is 12.5. The zero-order valence-electron chi connectivity index (χ0n) is 15.9. The van der Waals surface area contributed by atoms with E-state index in [-0.39, 0.29) is 11.3 Å². The molecule has 2 atom stereocenters. The highest BCUT2D eigenvalue weighted by Crippen LogP contribution is 2.41. The lowest BCUT2D eigenvalue weighted by Gasteiger charge is -2.25. The first-order valence-electron chi connectivity index (χ1n) is 8.84. The number of anilines is 1. The molecule has 1 aromatic carbocycles. The van der Waals surface area contributed by atoms with Crippen LogP contribution in [-0.4, -0.2) is 41.1 Å². The van der Waals surface area contributed by atoms with E-state index in [2.05, 4.69) is 5.32 Å². The van der Waals surface area contributed by atoms with Crippen molar-refractivity contribution in [2.45, 2.75) is 32.2 Å². The van der Waals surface area contributed by atoms with Gasteiger partial charge in [0.15, 0.2) is 6.61 Å². The fourth-order valence-electron chi connectivity index (χ4n) is 2.97. The predicted octanol–water partition coefficient (Wildman–Crippen LogP) is 3.04. The number of aryl methyl sites for hydroxylation is 2. The van der Waals surface area contributed by atoms with Gasteiger partial charge in [-0.05, 0) is 49.2 Å². The van der Waals surface area contributed by atoms with Crippen molar-refractivity contribution < 1.29 is 23.5 Å². The molecule has 2 aromatic rings. The summed E-state index contributed by atoms with van der Waals surface area (Å²) in [6.45, 7) is 4.92. The van der Waals surface area contributed by atoms with Crippen molar-refractivity contribution in [2.75, 3.05) is 17.7 Å². The van der Waals surface area contributed by atoms with Gasteiger partial charge in [0.05, 0.1) is 6.26 Å². The van der Waals surface area contributed by atoms with Crippen LogP contribution in [0.2, 0.25) is 0 Å². The summed E-state index contributed by atoms with van der Waals surface area (Å²) < 4.78 is 10.5. The van der Waals surface area contributed by atoms with Crippen LogP contribution in [0.1, 0.15) is 29.2 Å². The number of nitrogens with zero attached hydrogens (tertiary/aromatic N) is 1. The van der Waals surface area contributed by atoms with Gasteiger partial charge in [0.1, 0.15) is 17.2 Å². The lowest BCUT2D eigenvalue weighted by molar-refractivity contribution is -0.155. The third-order valence-electron chi connectivity index (χ3n) is 4.56. The highest BCUT2D eigenvalue weighted by Gasteiger charge is 2.43. The zero-order chi connectivity index (χ0) is 20.3. The molecule has 2 heterocycles. The van der Waals surface area contributed by atoms with Gasteiger partial charge in [0, 0.05) is 18.4 Å². The number of thioether (sulfide) groups is 1. The summed E-state index contributed by atoms with van der Waals surface area (Å²) in [4.78, 5) is 38.1. The van der Waals surface area contributed by atoms with Crippen LogP contribution in [0.3, 0.4) is 0 Å². The van der Waals surface area contributed by atoms with E-state index in [4.69, 9.17) is 9.15 Å². The third-order valence-corrected chi connectivity index (χ3v) is 5.84. The second-order valence-electron chi connectivity index (χ2n) is 6.60. The van der Waals surface area contributed by atoms with Crippen LogP contribution in [0.4, 0.5) is 5.69 Å². The van der Waals surface area contributed by atoms with Crippen molar-refractivity contribution in [2.24, 2.45) is 0 Å². The molecule has 1 saturated heterocycles. The number of nitrogens with one attached hydrogen (secondary N) is 1. The molecule has 1 fully saturated rings. The van der Waals surface area contributed by atoms with E-state index in [1.54, 1.807) is 18.2 Å². The van der Waals surface area contributed by atoms with E-state index in [0.717, 1.165) is 11.1 Å². The summed E-state index contributed by atoms with van der Waals surface area (Å²) in [7, 11) is 0. The highest BCUT2D eigenvalue weighted by atomic mass is 32.2. The number of hydrogen-bond donors (Lipinski definition) is 1. The van der Waals surface area contributed by atoms with Gasteiger partial charge >= 0.3 is 5.97 Å². The topological polar surface area (TPSA) is 88.8 Å². The Hall–Kier alpha value is -2.74. The van der Waals surface area contributed by atoms with Crippen molar-refractivity contribution in [1.29, 1.82) is 0 Å². The Morgan fingerprint density at radius 2 is 2.04 bits per heavy atom. The van der Waals surface area contributed by atoms with Crippen LogP contribution in [0, 0.1) is 13.8 Å². The minimum absolute atomic E-state index is 0.257. The summed E-state index contributed by atoms with van der Waals surface area (Å²) in [6, 6.07) is 8.29. The van der Waals surface area contributed by atoms with Gasteiger partial charge in [-0.15, -0.1) is 11.8 Å². The first kappa shape index (κ1) is 20.0. The van der Waals surface area contributed by atoms with E-state index in [1.165, 1.54) is 29.8 Å². The smallest absolute Gasteiger partial charge is 0.330 e. The Morgan fingerprint density at radius 1 is 1.25 bits per heavy atom. The summed E-state index contributed by atoms with van der Waals surface area (Å²) in [5.41, 5.74) is 2.82. The second-order valence-corrected chi connectivity index (χ2v) is 7.71. The van der Waals surface area contributed by atoms with Gasteiger partial charge in [-0.25, -0.2) is 4.79 Å². The molecule has 2 amide bonds. The van der Waals surface area contributed by atoms with Crippen molar-refractivity contribution in [1.82, 2.24) is 4.90 Å². The summed E-state index contributed by atoms with van der Waals surface area (Å²) in [6.07, 6.45) is 1.52. The molecule has 28 heavy (non-hydrogen) atoms. The van der Waals surface area contributed by atoms with E-state index in [1.807, 2.05) is 26.0 Å². The Morgan fingerprint density at radius 3 is 2.68 bits per heavy atom. The summed E-state index contributed by atoms with van der Waals surface area (Å²) in [5.74, 6) is -0.315. The number of amides is 2. The molecule has 0 saturated carbocycles. The van der Waals surface area contributed by atoms with E-state index >= 15 is 0 Å². The lowest BCUT2D eigenvalue weighted by atomic mass is 10.1. The maximum absolute atomic E-state index is 12.5. The molecule has 0 unspecified atom stereocenters. The minimum atomic E-state index is -0.757. The molecule has 0 bridgehead atoms. The van der Waals surface area contributed by atoms with Crippen molar-refractivity contribution >= 4 is 35.2 Å². The normalized spacial score (nSPS) is 18.8. The average molecular weight is 402 g/mol. The van der Waals surface area contributed by atoms with Gasteiger partial charge in [0.25, 0.3) is 5.91 Å². The molecule has 0 spiro atoms. The monoisotopic (exact) mass is 402 g/mol. The van der Waals surface area contributed by atoms with Crippen molar-refractivity contribution in [3.63, 3.8) is 0 Å². The molecule has 1 aliphatic heterocycles. The number of ether oxygens (including phenoxy) is 1.